The van der Waals surface area contributed by atoms with Gasteiger partial charge in [-0.15, -0.1) is 0 Å². The number of nitrogens with zero attached hydrogens (tertiary/aromatic N) is 2. The van der Waals surface area contributed by atoms with E-state index in [9.17, 15) is 0 Å². The predicted molar refractivity (Wildman–Crippen MR) is 68.8 cm³/mol. The lowest BCUT2D eigenvalue weighted by Crippen LogP contribution is -2.52. The van der Waals surface area contributed by atoms with Crippen LogP contribution in [0.3, 0.4) is 0 Å². The third-order valence-electron chi connectivity index (χ3n) is 2.72. The monoisotopic (exact) mass is 232 g/mol. The lowest BCUT2D eigenvalue weighted by molar-refractivity contribution is 0.0634. The maximum atomic E-state index is 5.60. The number of rotatable bonds is 10. The SMILES string of the molecule is CC(N(CCN)CCN)N(CCN)CCN. The number of hydrogen-bond acceptors (Lipinski definition) is 6. The molecule has 6 heteroatoms. The minimum atomic E-state index is 0.291. The first-order chi connectivity index (χ1) is 7.71. The van der Waals surface area contributed by atoms with E-state index in [1.54, 1.807) is 0 Å². The number of nitrogens with two attached hydrogens (primary N) is 4. The van der Waals surface area contributed by atoms with Crippen LogP contribution >= 0.6 is 0 Å². The van der Waals surface area contributed by atoms with Gasteiger partial charge in [-0.2, -0.15) is 0 Å². The zero-order valence-electron chi connectivity index (χ0n) is 10.4. The lowest BCUT2D eigenvalue weighted by atomic mass is 10.3. The van der Waals surface area contributed by atoms with Crippen molar-refractivity contribution < 1.29 is 0 Å². The van der Waals surface area contributed by atoms with E-state index in [0.717, 1.165) is 26.2 Å². The van der Waals surface area contributed by atoms with Crippen LogP contribution in [-0.4, -0.2) is 68.3 Å². The lowest BCUT2D eigenvalue weighted by Gasteiger charge is -2.37. The fourth-order valence-corrected chi connectivity index (χ4v) is 1.87. The Bertz CT molecular complexity index is 126. The molecule has 0 heterocycles. The second-order valence-electron chi connectivity index (χ2n) is 3.86. The van der Waals surface area contributed by atoms with Crippen molar-refractivity contribution in [2.45, 2.75) is 13.1 Å². The molecule has 0 rings (SSSR count). The molecule has 0 unspecified atom stereocenters. The van der Waals surface area contributed by atoms with E-state index >= 15 is 0 Å². The van der Waals surface area contributed by atoms with Crippen molar-refractivity contribution in [3.63, 3.8) is 0 Å². The van der Waals surface area contributed by atoms with Gasteiger partial charge < -0.3 is 22.9 Å². The third kappa shape index (κ3) is 5.74. The summed E-state index contributed by atoms with van der Waals surface area (Å²) in [5, 5.41) is 0. The highest BCUT2D eigenvalue weighted by atomic mass is 15.4. The van der Waals surface area contributed by atoms with E-state index in [0.29, 0.717) is 32.3 Å². The molecule has 0 atom stereocenters. The summed E-state index contributed by atoms with van der Waals surface area (Å²) in [5.41, 5.74) is 22.4. The quantitative estimate of drug-likeness (QED) is 0.317. The molecule has 0 aliphatic rings. The van der Waals surface area contributed by atoms with Gasteiger partial charge in [0, 0.05) is 52.4 Å². The van der Waals surface area contributed by atoms with E-state index in [1.807, 2.05) is 0 Å². The average Bonchev–Trinajstić information content (AvgIpc) is 2.27. The second-order valence-corrected chi connectivity index (χ2v) is 3.86. The van der Waals surface area contributed by atoms with Crippen LogP contribution in [0.1, 0.15) is 6.92 Å². The molecule has 98 valence electrons. The molecule has 0 saturated heterocycles. The first-order valence-electron chi connectivity index (χ1n) is 5.99. The number of hydrogen-bond donors (Lipinski definition) is 4. The summed E-state index contributed by atoms with van der Waals surface area (Å²) in [6, 6.07) is 0. The van der Waals surface area contributed by atoms with Gasteiger partial charge in [0.25, 0.3) is 0 Å². The molecule has 0 fully saturated rings. The van der Waals surface area contributed by atoms with Crippen molar-refractivity contribution in [2.75, 3.05) is 52.4 Å². The van der Waals surface area contributed by atoms with Gasteiger partial charge in [-0.05, 0) is 6.92 Å². The molecule has 8 N–H and O–H groups in total. The van der Waals surface area contributed by atoms with Gasteiger partial charge >= 0.3 is 0 Å². The van der Waals surface area contributed by atoms with Crippen molar-refractivity contribution in [3.8, 4) is 0 Å². The summed E-state index contributed by atoms with van der Waals surface area (Å²) in [7, 11) is 0. The van der Waals surface area contributed by atoms with Crippen molar-refractivity contribution in [3.05, 3.63) is 0 Å². The average molecular weight is 232 g/mol. The second kappa shape index (κ2) is 9.95. The van der Waals surface area contributed by atoms with E-state index in [2.05, 4.69) is 16.7 Å². The summed E-state index contributed by atoms with van der Waals surface area (Å²) in [5.74, 6) is 0. The molecule has 0 saturated carbocycles. The van der Waals surface area contributed by atoms with Crippen LogP contribution in [-0.2, 0) is 0 Å². The smallest absolute Gasteiger partial charge is 0.0595 e. The van der Waals surface area contributed by atoms with Crippen LogP contribution in [0.4, 0.5) is 0 Å². The van der Waals surface area contributed by atoms with Gasteiger partial charge in [0.2, 0.25) is 0 Å². The zero-order valence-corrected chi connectivity index (χ0v) is 10.4. The fraction of sp³-hybridized carbons (Fsp3) is 1.00. The summed E-state index contributed by atoms with van der Waals surface area (Å²) in [6.07, 6.45) is 0.291. The summed E-state index contributed by atoms with van der Waals surface area (Å²) in [4.78, 5) is 4.54. The van der Waals surface area contributed by atoms with Crippen molar-refractivity contribution in [1.29, 1.82) is 0 Å². The van der Waals surface area contributed by atoms with Gasteiger partial charge in [-0.3, -0.25) is 9.80 Å². The summed E-state index contributed by atoms with van der Waals surface area (Å²) in [6.45, 7) is 8.12. The Kier molecular flexibility index (Phi) is 9.80. The molecular weight excluding hydrogens is 204 g/mol. The third-order valence-corrected chi connectivity index (χ3v) is 2.72. The highest BCUT2D eigenvalue weighted by Crippen LogP contribution is 2.04. The predicted octanol–water partition coefficient (Wildman–Crippen LogP) is -2.23. The van der Waals surface area contributed by atoms with Gasteiger partial charge in [0.05, 0.1) is 6.17 Å². The Balaban J connectivity index is 4.31. The van der Waals surface area contributed by atoms with E-state index in [1.165, 1.54) is 0 Å². The minimum absolute atomic E-state index is 0.291. The first kappa shape index (κ1) is 15.8. The van der Waals surface area contributed by atoms with Crippen molar-refractivity contribution >= 4 is 0 Å². The summed E-state index contributed by atoms with van der Waals surface area (Å²) < 4.78 is 0. The Morgan fingerprint density at radius 1 is 0.688 bits per heavy atom. The van der Waals surface area contributed by atoms with Gasteiger partial charge in [0.1, 0.15) is 0 Å². The van der Waals surface area contributed by atoms with Crippen molar-refractivity contribution in [1.82, 2.24) is 9.80 Å². The van der Waals surface area contributed by atoms with E-state index < -0.39 is 0 Å². The molecule has 0 radical (unpaired) electrons. The van der Waals surface area contributed by atoms with E-state index in [-0.39, 0.29) is 0 Å². The molecule has 0 aromatic carbocycles. The minimum Gasteiger partial charge on any atom is -0.329 e. The molecule has 0 aliphatic carbocycles. The van der Waals surface area contributed by atoms with Crippen LogP contribution in [0.25, 0.3) is 0 Å². The maximum absolute atomic E-state index is 5.60. The normalized spacial score (nSPS) is 12.0. The van der Waals surface area contributed by atoms with Crippen LogP contribution < -0.4 is 22.9 Å². The molecule has 0 aromatic heterocycles. The topological polar surface area (TPSA) is 111 Å². The molecule has 0 aromatic rings. The molecule has 0 aliphatic heterocycles. The molecule has 6 nitrogen and oxygen atoms in total. The summed E-state index contributed by atoms with van der Waals surface area (Å²) >= 11 is 0. The molecular formula is C10H28N6. The first-order valence-corrected chi connectivity index (χ1v) is 5.99. The van der Waals surface area contributed by atoms with Crippen molar-refractivity contribution in [2.24, 2.45) is 22.9 Å². The van der Waals surface area contributed by atoms with Gasteiger partial charge in [-0.25, -0.2) is 0 Å². The highest BCUT2D eigenvalue weighted by molar-refractivity contribution is 4.71. The Labute approximate surface area is 98.9 Å². The van der Waals surface area contributed by atoms with Gasteiger partial charge in [-0.1, -0.05) is 0 Å². The van der Waals surface area contributed by atoms with Crippen LogP contribution in [0.15, 0.2) is 0 Å². The van der Waals surface area contributed by atoms with Crippen LogP contribution in [0, 0.1) is 0 Å². The Morgan fingerprint density at radius 2 is 0.938 bits per heavy atom. The highest BCUT2D eigenvalue weighted by Gasteiger charge is 2.18. The zero-order chi connectivity index (χ0) is 12.4. The van der Waals surface area contributed by atoms with Crippen LogP contribution in [0.5, 0.6) is 0 Å². The molecule has 0 bridgehead atoms. The standard InChI is InChI=1S/C10H28N6/c1-10(15(6-2-11)7-3-12)16(8-4-13)9-5-14/h10H,2-9,11-14H2,1H3. The molecule has 0 amide bonds. The van der Waals surface area contributed by atoms with Crippen LogP contribution in [0.2, 0.25) is 0 Å². The van der Waals surface area contributed by atoms with Gasteiger partial charge in [0.15, 0.2) is 0 Å². The van der Waals surface area contributed by atoms with E-state index in [4.69, 9.17) is 22.9 Å². The molecule has 16 heavy (non-hydrogen) atoms. The maximum Gasteiger partial charge on any atom is 0.0595 e. The Morgan fingerprint density at radius 3 is 1.12 bits per heavy atom. The Hall–Kier alpha value is -0.240. The largest absolute Gasteiger partial charge is 0.329 e. The molecule has 0 spiro atoms. The fourth-order valence-electron chi connectivity index (χ4n) is 1.87.